The van der Waals surface area contributed by atoms with Gasteiger partial charge in [-0.15, -0.1) is 0 Å². The number of anilines is 3. The molecule has 0 unspecified atom stereocenters. The van der Waals surface area contributed by atoms with Crippen molar-refractivity contribution in [2.75, 3.05) is 16.0 Å². The highest BCUT2D eigenvalue weighted by Gasteiger charge is 2.15. The van der Waals surface area contributed by atoms with Crippen molar-refractivity contribution in [2.45, 2.75) is 127 Å². The summed E-state index contributed by atoms with van der Waals surface area (Å²) < 4.78 is 0. The van der Waals surface area contributed by atoms with Crippen LogP contribution in [0.2, 0.25) is 0 Å². The van der Waals surface area contributed by atoms with Crippen LogP contribution in [-0.2, 0) is 19.3 Å². The van der Waals surface area contributed by atoms with Crippen molar-refractivity contribution in [1.82, 2.24) is 0 Å². The monoisotopic (exact) mass is 1060 g/mol. The van der Waals surface area contributed by atoms with Crippen LogP contribution in [-0.4, -0.2) is 5.91 Å². The molecule has 80 heavy (non-hydrogen) atoms. The summed E-state index contributed by atoms with van der Waals surface area (Å²) in [5, 5.41) is 10.0. The van der Waals surface area contributed by atoms with E-state index in [0.29, 0.717) is 22.6 Å². The largest absolute Gasteiger partial charge is 0.356 e. The first kappa shape index (κ1) is 64.3. The fraction of sp³-hybridized carbons (Fsp3) is 0.250. The van der Waals surface area contributed by atoms with Gasteiger partial charge in [-0.2, -0.15) is 0 Å². The van der Waals surface area contributed by atoms with E-state index in [1.54, 1.807) is 0 Å². The minimum absolute atomic E-state index is 0.233. The third kappa shape index (κ3) is 22.6. The van der Waals surface area contributed by atoms with Gasteiger partial charge in [0.2, 0.25) is 0 Å². The summed E-state index contributed by atoms with van der Waals surface area (Å²) in [6.45, 7) is 44.4. The van der Waals surface area contributed by atoms with Crippen molar-refractivity contribution in [3.63, 3.8) is 0 Å². The van der Waals surface area contributed by atoms with Gasteiger partial charge in [0.1, 0.15) is 0 Å². The SMILES string of the molecule is C=C(C)C/C(C)=C/C.C=C(Cc1ccc(NC(=C)c2cc(C(=C)Nc3ccc(CC(=C)c4ccccc4)cc3)cc(C(=O)Nc3ccc(CC(=C)C4=CCCC=C4)cc3)c2)cc1)C1=CCCC=C1.CC.CCC(=CC=C(C)C)CC. The summed E-state index contributed by atoms with van der Waals surface area (Å²) in [5.41, 5.74) is 21.7. The van der Waals surface area contributed by atoms with Crippen LogP contribution in [0.3, 0.4) is 0 Å². The number of nitrogens with one attached hydrogen (secondary N) is 3. The van der Waals surface area contributed by atoms with Crippen molar-refractivity contribution in [2.24, 2.45) is 0 Å². The van der Waals surface area contributed by atoms with E-state index in [9.17, 15) is 4.79 Å². The van der Waals surface area contributed by atoms with Gasteiger partial charge in [0.05, 0.1) is 0 Å². The molecule has 0 heterocycles. The molecule has 2 aliphatic rings. The molecule has 5 aromatic rings. The van der Waals surface area contributed by atoms with Crippen LogP contribution in [0.4, 0.5) is 17.1 Å². The van der Waals surface area contributed by atoms with Crippen molar-refractivity contribution >= 4 is 39.9 Å². The van der Waals surface area contributed by atoms with Gasteiger partial charge in [0.15, 0.2) is 0 Å². The lowest BCUT2D eigenvalue weighted by atomic mass is 9.95. The van der Waals surface area contributed by atoms with Crippen LogP contribution < -0.4 is 16.0 Å². The molecule has 0 saturated carbocycles. The molecule has 2 aliphatic carbocycles. The minimum atomic E-state index is -0.233. The first-order chi connectivity index (χ1) is 38.5. The Balaban J connectivity index is 0.000000587. The van der Waals surface area contributed by atoms with E-state index in [0.717, 1.165) is 107 Å². The van der Waals surface area contributed by atoms with Gasteiger partial charge < -0.3 is 16.0 Å². The summed E-state index contributed by atoms with van der Waals surface area (Å²) in [6, 6.07) is 40.6. The average Bonchev–Trinajstić information content (AvgIpc) is 3.50. The van der Waals surface area contributed by atoms with Crippen molar-refractivity contribution in [3.05, 3.63) is 299 Å². The highest BCUT2D eigenvalue weighted by molar-refractivity contribution is 6.05. The number of carbonyl (C=O) groups is 1. The van der Waals surface area contributed by atoms with E-state index in [1.165, 1.54) is 51.8 Å². The fourth-order valence-corrected chi connectivity index (χ4v) is 8.74. The van der Waals surface area contributed by atoms with Gasteiger partial charge in [-0.1, -0.05) is 211 Å². The lowest BCUT2D eigenvalue weighted by Gasteiger charge is -2.17. The summed E-state index contributed by atoms with van der Waals surface area (Å²) in [5.74, 6) is -0.233. The van der Waals surface area contributed by atoms with Gasteiger partial charge in [-0.05, 0) is 215 Å². The number of rotatable bonds is 22. The van der Waals surface area contributed by atoms with E-state index in [1.807, 2.05) is 93.6 Å². The Morgan fingerprint density at radius 3 is 1.27 bits per heavy atom. The first-order valence-corrected chi connectivity index (χ1v) is 28.6. The Bertz CT molecular complexity index is 2990. The molecule has 0 bridgehead atoms. The second kappa shape index (κ2) is 34.6. The number of hydrogen-bond acceptors (Lipinski definition) is 3. The van der Waals surface area contributed by atoms with Crippen molar-refractivity contribution in [1.29, 1.82) is 0 Å². The molecule has 0 radical (unpaired) electrons. The molecule has 0 fully saturated rings. The normalized spacial score (nSPS) is 12.1. The summed E-state index contributed by atoms with van der Waals surface area (Å²) in [7, 11) is 0. The number of amides is 1. The fourth-order valence-electron chi connectivity index (χ4n) is 8.74. The topological polar surface area (TPSA) is 53.2 Å². The summed E-state index contributed by atoms with van der Waals surface area (Å²) in [6.07, 6.45) is 29.8. The maximum Gasteiger partial charge on any atom is 0.255 e. The molecule has 3 N–H and O–H groups in total. The molecule has 0 atom stereocenters. The maximum atomic E-state index is 14.0. The number of hydrogen-bond donors (Lipinski definition) is 3. The Morgan fingerprint density at radius 1 is 0.500 bits per heavy atom. The molecule has 0 aromatic heterocycles. The van der Waals surface area contributed by atoms with Crippen LogP contribution in [0, 0.1) is 0 Å². The van der Waals surface area contributed by atoms with Gasteiger partial charge >= 0.3 is 0 Å². The lowest BCUT2D eigenvalue weighted by molar-refractivity contribution is 0.102. The third-order valence-corrected chi connectivity index (χ3v) is 13.5. The van der Waals surface area contributed by atoms with Gasteiger partial charge in [-0.3, -0.25) is 4.79 Å². The van der Waals surface area contributed by atoms with E-state index in [-0.39, 0.29) is 5.91 Å². The second-order valence-electron chi connectivity index (χ2n) is 20.6. The van der Waals surface area contributed by atoms with Crippen LogP contribution in [0.1, 0.15) is 151 Å². The molecule has 1 amide bonds. The molecular weight excluding hydrogens is 971 g/mol. The van der Waals surface area contributed by atoms with Crippen LogP contribution >= 0.6 is 0 Å². The maximum absolute atomic E-state index is 14.0. The second-order valence-corrected chi connectivity index (χ2v) is 20.6. The van der Waals surface area contributed by atoms with Gasteiger partial charge in [0, 0.05) is 34.0 Å². The minimum Gasteiger partial charge on any atom is -0.356 e. The van der Waals surface area contributed by atoms with E-state index in [2.05, 4.69) is 200 Å². The first-order valence-electron chi connectivity index (χ1n) is 28.6. The molecule has 416 valence electrons. The number of benzene rings is 5. The predicted octanol–water partition coefficient (Wildman–Crippen LogP) is 21.8. The smallest absolute Gasteiger partial charge is 0.255 e. The van der Waals surface area contributed by atoms with Crippen LogP contribution in [0.25, 0.3) is 17.0 Å². The highest BCUT2D eigenvalue weighted by atomic mass is 16.1. The molecule has 4 nitrogen and oxygen atoms in total. The van der Waals surface area contributed by atoms with Gasteiger partial charge in [-0.25, -0.2) is 0 Å². The third-order valence-electron chi connectivity index (χ3n) is 13.5. The van der Waals surface area contributed by atoms with E-state index >= 15 is 0 Å². The zero-order valence-corrected chi connectivity index (χ0v) is 50.0. The summed E-state index contributed by atoms with van der Waals surface area (Å²) in [4.78, 5) is 14.0. The Labute approximate surface area is 483 Å². The molecule has 4 heteroatoms. The van der Waals surface area contributed by atoms with E-state index in [4.69, 9.17) is 0 Å². The summed E-state index contributed by atoms with van der Waals surface area (Å²) >= 11 is 0. The molecular formula is C76H91N3O. The van der Waals surface area contributed by atoms with Crippen molar-refractivity contribution in [3.8, 4) is 0 Å². The average molecular weight is 1060 g/mol. The zero-order chi connectivity index (χ0) is 58.4. The number of allylic oxidation sites excluding steroid dienone is 18. The predicted molar refractivity (Wildman–Crippen MR) is 355 cm³/mol. The molecule has 0 saturated heterocycles. The quantitative estimate of drug-likeness (QED) is 0.0478. The Hall–Kier alpha value is -8.21. The van der Waals surface area contributed by atoms with Crippen LogP contribution in [0.15, 0.2) is 260 Å². The highest BCUT2D eigenvalue weighted by Crippen LogP contribution is 2.28. The molecule has 5 aromatic carbocycles. The molecule has 0 aliphatic heterocycles. The Morgan fingerprint density at radius 2 is 0.912 bits per heavy atom. The Kier molecular flexibility index (Phi) is 27.8. The zero-order valence-electron chi connectivity index (χ0n) is 50.0. The van der Waals surface area contributed by atoms with Crippen molar-refractivity contribution < 1.29 is 4.79 Å². The molecule has 0 spiro atoms. The molecule has 7 rings (SSSR count). The van der Waals surface area contributed by atoms with E-state index < -0.39 is 0 Å². The number of carbonyl (C=O) groups excluding carboxylic acids is 1. The standard InChI is InChI=1S/C56H53N3O.C10H18.C8H14.C2H6/c1-39(47-15-9-6-10-16-47)33-44-21-27-53(28-22-44)57-42(4)50-36-51(43(5)58-54-29-23-45(24-30-54)34-40(2)48-17-11-7-12-18-48)38-52(37-50)56(60)59-55-31-25-46(26-32-55)35-41(3)49-19-13-8-14-20-49;1-5-10(6-2)8-7-9(3)4;1-5-8(4)6-7(2)3;1-2/h6,9-11,13,15-32,36-38,57-58H,1-5,7-8,12,14,33-35H2,(H,59,60);7-8H,5-6H2,1-4H3;5H,2,6H2,1,3-4H3;1-2H3/b;;8-5+;. The van der Waals surface area contributed by atoms with Crippen LogP contribution in [0.5, 0.6) is 0 Å². The van der Waals surface area contributed by atoms with Gasteiger partial charge in [0.25, 0.3) is 5.91 Å². The lowest BCUT2D eigenvalue weighted by Crippen LogP contribution is -2.13.